The van der Waals surface area contributed by atoms with Crippen LogP contribution in [0.3, 0.4) is 0 Å². The molecule has 1 aromatic rings. The maximum absolute atomic E-state index is 14.1. The molecular formula is C18H25Cl2F2N3O. The van der Waals surface area contributed by atoms with Gasteiger partial charge in [-0.05, 0) is 68.8 Å². The Balaban J connectivity index is 0.00000121. The van der Waals surface area contributed by atoms with E-state index in [-0.39, 0.29) is 47.7 Å². The maximum Gasteiger partial charge on any atom is 0.237 e. The molecule has 4 rings (SSSR count). The third-order valence-corrected chi connectivity index (χ3v) is 5.90. The molecule has 1 aromatic carbocycles. The molecule has 3 fully saturated rings. The van der Waals surface area contributed by atoms with E-state index in [0.717, 1.165) is 51.0 Å². The standard InChI is InChI=1S/C18H23F2N3O.2ClH/c19-12-1-2-14(20)13(9-12)18(3-4-18)23-16(24)15-10-17(11-22-15)5-7-21-8-6-17;;/h1-2,9,15,21-22H,3-8,10-11H2,(H,23,24);2*1H. The van der Waals surface area contributed by atoms with Crippen LogP contribution in [0.4, 0.5) is 8.78 Å². The number of hydrogen-bond donors (Lipinski definition) is 3. The molecule has 2 aliphatic heterocycles. The summed E-state index contributed by atoms with van der Waals surface area (Å²) in [5.41, 5.74) is -0.256. The highest BCUT2D eigenvalue weighted by atomic mass is 35.5. The molecule has 2 heterocycles. The number of amides is 1. The van der Waals surface area contributed by atoms with Gasteiger partial charge in [0, 0.05) is 12.1 Å². The van der Waals surface area contributed by atoms with E-state index in [1.807, 2.05) is 0 Å². The minimum absolute atomic E-state index is 0. The van der Waals surface area contributed by atoms with Crippen LogP contribution in [0.15, 0.2) is 18.2 Å². The summed E-state index contributed by atoms with van der Waals surface area (Å²) in [6.07, 6.45) is 4.28. The fraction of sp³-hybridized carbons (Fsp3) is 0.611. The van der Waals surface area contributed by atoms with Gasteiger partial charge < -0.3 is 16.0 Å². The molecule has 4 nitrogen and oxygen atoms in total. The SMILES string of the molecule is Cl.Cl.O=C(NC1(c2cc(F)ccc2F)CC1)C1CC2(CCNCC2)CN1. The summed E-state index contributed by atoms with van der Waals surface area (Å²) in [4.78, 5) is 12.7. The number of carbonyl (C=O) groups is 1. The predicted molar refractivity (Wildman–Crippen MR) is 101 cm³/mol. The molecule has 3 aliphatic rings. The van der Waals surface area contributed by atoms with Gasteiger partial charge in [-0.2, -0.15) is 0 Å². The Bertz CT molecular complexity index is 664. The van der Waals surface area contributed by atoms with Gasteiger partial charge in [-0.1, -0.05) is 0 Å². The van der Waals surface area contributed by atoms with Crippen LogP contribution in [-0.4, -0.2) is 31.6 Å². The Labute approximate surface area is 164 Å². The summed E-state index contributed by atoms with van der Waals surface area (Å²) in [5.74, 6) is -1.02. The van der Waals surface area contributed by atoms with Crippen LogP contribution in [0, 0.1) is 17.0 Å². The molecule has 8 heteroatoms. The second-order valence-electron chi connectivity index (χ2n) is 7.58. The largest absolute Gasteiger partial charge is 0.345 e. The van der Waals surface area contributed by atoms with Gasteiger partial charge in [0.25, 0.3) is 0 Å². The highest BCUT2D eigenvalue weighted by Gasteiger charge is 2.50. The molecule has 26 heavy (non-hydrogen) atoms. The van der Waals surface area contributed by atoms with E-state index in [9.17, 15) is 13.6 Å². The number of hydrogen-bond acceptors (Lipinski definition) is 3. The summed E-state index contributed by atoms with van der Waals surface area (Å²) in [6, 6.07) is 3.21. The van der Waals surface area contributed by atoms with Crippen LogP contribution in [0.25, 0.3) is 0 Å². The van der Waals surface area contributed by atoms with Crippen LogP contribution in [0.5, 0.6) is 0 Å². The Morgan fingerprint density at radius 1 is 1.12 bits per heavy atom. The fourth-order valence-corrected chi connectivity index (χ4v) is 4.21. The number of benzene rings is 1. The third-order valence-electron chi connectivity index (χ3n) is 5.90. The van der Waals surface area contributed by atoms with Gasteiger partial charge in [-0.3, -0.25) is 4.79 Å². The summed E-state index contributed by atoms with van der Waals surface area (Å²) >= 11 is 0. The van der Waals surface area contributed by atoms with Crippen molar-refractivity contribution < 1.29 is 13.6 Å². The van der Waals surface area contributed by atoms with E-state index < -0.39 is 17.2 Å². The Morgan fingerprint density at radius 2 is 1.81 bits per heavy atom. The molecule has 2 saturated heterocycles. The van der Waals surface area contributed by atoms with Crippen molar-refractivity contribution in [2.75, 3.05) is 19.6 Å². The van der Waals surface area contributed by atoms with Crippen LogP contribution < -0.4 is 16.0 Å². The van der Waals surface area contributed by atoms with E-state index >= 15 is 0 Å². The van der Waals surface area contributed by atoms with Gasteiger partial charge in [0.1, 0.15) is 11.6 Å². The fourth-order valence-electron chi connectivity index (χ4n) is 4.21. The first kappa shape index (κ1) is 21.4. The average Bonchev–Trinajstić information content (AvgIpc) is 3.24. The van der Waals surface area contributed by atoms with Gasteiger partial charge in [-0.25, -0.2) is 8.78 Å². The molecular weight excluding hydrogens is 383 g/mol. The average molecular weight is 408 g/mol. The summed E-state index contributed by atoms with van der Waals surface area (Å²) in [5, 5.41) is 9.68. The van der Waals surface area contributed by atoms with Crippen LogP contribution in [-0.2, 0) is 10.3 Å². The number of rotatable bonds is 3. The van der Waals surface area contributed by atoms with E-state index in [1.165, 1.54) is 6.07 Å². The highest BCUT2D eigenvalue weighted by Crippen LogP contribution is 2.47. The molecule has 1 amide bonds. The zero-order valence-electron chi connectivity index (χ0n) is 14.4. The third kappa shape index (κ3) is 3.98. The minimum Gasteiger partial charge on any atom is -0.345 e. The second-order valence-corrected chi connectivity index (χ2v) is 7.58. The van der Waals surface area contributed by atoms with Crippen molar-refractivity contribution in [3.8, 4) is 0 Å². The van der Waals surface area contributed by atoms with E-state index in [0.29, 0.717) is 12.8 Å². The Kier molecular flexibility index (Phi) is 6.54. The maximum atomic E-state index is 14.1. The minimum atomic E-state index is -0.727. The van der Waals surface area contributed by atoms with Gasteiger partial charge >= 0.3 is 0 Å². The first-order chi connectivity index (χ1) is 11.5. The van der Waals surface area contributed by atoms with Crippen molar-refractivity contribution in [3.63, 3.8) is 0 Å². The number of piperidine rings is 1. The molecule has 3 N–H and O–H groups in total. The summed E-state index contributed by atoms with van der Waals surface area (Å²) in [7, 11) is 0. The van der Waals surface area contributed by atoms with Crippen molar-refractivity contribution in [1.29, 1.82) is 0 Å². The van der Waals surface area contributed by atoms with Crippen LogP contribution in [0.1, 0.15) is 37.7 Å². The van der Waals surface area contributed by atoms with Crippen molar-refractivity contribution in [2.45, 2.75) is 43.7 Å². The van der Waals surface area contributed by atoms with Crippen molar-refractivity contribution >= 4 is 30.7 Å². The summed E-state index contributed by atoms with van der Waals surface area (Å²) in [6.45, 7) is 2.84. The second kappa shape index (κ2) is 7.97. The molecule has 1 unspecified atom stereocenters. The van der Waals surface area contributed by atoms with Gasteiger partial charge in [0.05, 0.1) is 11.6 Å². The van der Waals surface area contributed by atoms with Crippen LogP contribution in [0.2, 0.25) is 0 Å². The van der Waals surface area contributed by atoms with Gasteiger partial charge in [0.15, 0.2) is 0 Å². The quantitative estimate of drug-likeness (QED) is 0.721. The molecule has 0 radical (unpaired) electrons. The number of carbonyl (C=O) groups excluding carboxylic acids is 1. The monoisotopic (exact) mass is 407 g/mol. The molecule has 1 spiro atoms. The van der Waals surface area contributed by atoms with Crippen molar-refractivity contribution in [1.82, 2.24) is 16.0 Å². The van der Waals surface area contributed by atoms with Gasteiger partial charge in [-0.15, -0.1) is 24.8 Å². The lowest BCUT2D eigenvalue weighted by Gasteiger charge is -2.33. The first-order valence-electron chi connectivity index (χ1n) is 8.74. The molecule has 1 atom stereocenters. The van der Waals surface area contributed by atoms with Crippen LogP contribution >= 0.6 is 24.8 Å². The summed E-state index contributed by atoms with van der Waals surface area (Å²) < 4.78 is 27.6. The highest BCUT2D eigenvalue weighted by molar-refractivity contribution is 5.85. The lowest BCUT2D eigenvalue weighted by Crippen LogP contribution is -2.45. The number of nitrogens with one attached hydrogen (secondary N) is 3. The Hall–Kier alpha value is -0.950. The van der Waals surface area contributed by atoms with E-state index in [4.69, 9.17) is 0 Å². The molecule has 1 aliphatic carbocycles. The zero-order valence-corrected chi connectivity index (χ0v) is 16.1. The normalized spacial score (nSPS) is 25.1. The lowest BCUT2D eigenvalue weighted by atomic mass is 9.77. The van der Waals surface area contributed by atoms with Crippen molar-refractivity contribution in [2.24, 2.45) is 5.41 Å². The van der Waals surface area contributed by atoms with E-state index in [1.54, 1.807) is 0 Å². The Morgan fingerprint density at radius 3 is 2.46 bits per heavy atom. The molecule has 146 valence electrons. The van der Waals surface area contributed by atoms with E-state index in [2.05, 4.69) is 16.0 Å². The van der Waals surface area contributed by atoms with Gasteiger partial charge in [0.2, 0.25) is 5.91 Å². The first-order valence-corrected chi connectivity index (χ1v) is 8.74. The molecule has 0 aromatic heterocycles. The zero-order chi connectivity index (χ0) is 16.8. The molecule has 0 bridgehead atoms. The predicted octanol–water partition coefficient (Wildman–Crippen LogP) is 2.65. The number of halogens is 4. The topological polar surface area (TPSA) is 53.2 Å². The molecule has 1 saturated carbocycles. The van der Waals surface area contributed by atoms with Crippen molar-refractivity contribution in [3.05, 3.63) is 35.4 Å². The smallest absolute Gasteiger partial charge is 0.237 e. The lowest BCUT2D eigenvalue weighted by molar-refractivity contribution is -0.124.